The quantitative estimate of drug-likeness (QED) is 0.132. The van der Waals surface area contributed by atoms with Gasteiger partial charge < -0.3 is 29.7 Å². The summed E-state index contributed by atoms with van der Waals surface area (Å²) >= 11 is 6.71. The Hall–Kier alpha value is -5.48. The van der Waals surface area contributed by atoms with Crippen LogP contribution in [0.5, 0.6) is 6.01 Å². The summed E-state index contributed by atoms with van der Waals surface area (Å²) in [4.78, 5) is 63.7. The van der Waals surface area contributed by atoms with Crippen LogP contribution in [0.15, 0.2) is 60.8 Å². The monoisotopic (exact) mass is 982 g/mol. The molecule has 7 heterocycles. The molecule has 1 spiro atoms. The number of nitrogens with one attached hydrogen (secondary N) is 2. The first-order valence-electron chi connectivity index (χ1n) is 26.1. The summed E-state index contributed by atoms with van der Waals surface area (Å²) in [6.07, 6.45) is 13.4. The summed E-state index contributed by atoms with van der Waals surface area (Å²) in [6, 6.07) is 17.6. The third-order valence-electron chi connectivity index (χ3n) is 17.4. The molecule has 7 fully saturated rings. The number of imide groups is 1. The SMILES string of the molecule is Cc1ccc(C(=O)N2CCC3(CCC(CN4CCN(CC5(COc6nc(N7CC8CCC(C7)N8)c7cnc(-c8cccc9cccc(Cl)c89)c(F)c7n6)CC5)CC4)CC3)CC2)cc1N1CCC(=O)NC1=O. The van der Waals surface area contributed by atoms with Crippen molar-refractivity contribution < 1.29 is 23.5 Å². The lowest BCUT2D eigenvalue weighted by Crippen LogP contribution is -2.51. The molecule has 5 aliphatic heterocycles. The highest BCUT2D eigenvalue weighted by molar-refractivity contribution is 6.36. The van der Waals surface area contributed by atoms with Gasteiger partial charge in [-0.3, -0.25) is 24.8 Å². The summed E-state index contributed by atoms with van der Waals surface area (Å²) in [5.74, 6) is 0.637. The van der Waals surface area contributed by atoms with E-state index in [4.69, 9.17) is 31.3 Å². The Bertz CT molecular complexity index is 2870. The molecule has 4 amide bonds. The molecule has 2 atom stereocenters. The molecule has 5 aromatic rings. The predicted octanol–water partition coefficient (Wildman–Crippen LogP) is 8.22. The number of rotatable bonds is 11. The van der Waals surface area contributed by atoms with Gasteiger partial charge in [0, 0.05) is 129 Å². The molecule has 3 aromatic carbocycles. The van der Waals surface area contributed by atoms with Crippen LogP contribution in [0.25, 0.3) is 32.9 Å². The van der Waals surface area contributed by atoms with E-state index in [1.165, 1.54) is 25.7 Å². The molecule has 2 aliphatic carbocycles. The number of pyridine rings is 1. The highest BCUT2D eigenvalue weighted by atomic mass is 35.5. The minimum atomic E-state index is -0.495. The number of ether oxygens (including phenoxy) is 1. The number of amides is 4. The van der Waals surface area contributed by atoms with Gasteiger partial charge in [-0.15, -0.1) is 0 Å². The number of urea groups is 1. The van der Waals surface area contributed by atoms with E-state index in [1.54, 1.807) is 11.1 Å². The number of fused-ring (bicyclic) bond motifs is 4. The fourth-order valence-electron chi connectivity index (χ4n) is 12.9. The standard InChI is InChI=1S/C55H64ClFN10O4/c1-35-8-9-38(28-44(35)67-21-14-45(68)60-53(67)70)51(69)65-22-19-54(20-23-65)15-12-36(13-16-54)30-63-24-26-64(27-25-63)33-55(17-18-55)34-71-52-61-49-42(50(62-52)66-31-39-10-11-40(32-66)59-39)29-58-48(47(49)57)41-6-2-4-37-5-3-7-43(56)46(37)41/h2-9,28-29,36,39-40,59H,10-27,30-34H2,1H3,(H,60,68,70). The number of carbonyl (C=O) groups excluding carboxylic acids is 3. The minimum absolute atomic E-state index is 0.0148. The van der Waals surface area contributed by atoms with Gasteiger partial charge in [-0.1, -0.05) is 48.0 Å². The minimum Gasteiger partial charge on any atom is -0.463 e. The third kappa shape index (κ3) is 9.32. The van der Waals surface area contributed by atoms with Gasteiger partial charge in [0.15, 0.2) is 5.82 Å². The normalized spacial score (nSPS) is 23.7. The molecular formula is C55H64ClFN10O4. The molecule has 71 heavy (non-hydrogen) atoms. The number of hydrogen-bond acceptors (Lipinski definition) is 11. The van der Waals surface area contributed by atoms with E-state index in [0.717, 1.165) is 120 Å². The van der Waals surface area contributed by atoms with E-state index in [0.29, 0.717) is 69.6 Å². The Balaban J connectivity index is 0.643. The Morgan fingerprint density at radius 1 is 0.859 bits per heavy atom. The van der Waals surface area contributed by atoms with E-state index in [1.807, 2.05) is 66.4 Å². The molecule has 0 radical (unpaired) electrons. The molecule has 12 rings (SSSR count). The molecule has 2 unspecified atom stereocenters. The maximum atomic E-state index is 17.0. The average molecular weight is 984 g/mol. The number of hydrogen-bond donors (Lipinski definition) is 2. The first kappa shape index (κ1) is 46.6. The molecule has 16 heteroatoms. The van der Waals surface area contributed by atoms with Gasteiger partial charge in [0.2, 0.25) is 5.91 Å². The number of likely N-dealkylation sites (tertiary alicyclic amines) is 1. The van der Waals surface area contributed by atoms with Gasteiger partial charge in [0.25, 0.3) is 5.91 Å². The van der Waals surface area contributed by atoms with Crippen LogP contribution in [0.2, 0.25) is 5.02 Å². The number of aryl methyl sites for hydroxylation is 1. The van der Waals surface area contributed by atoms with Crippen molar-refractivity contribution >= 4 is 62.6 Å². The molecule has 2 N–H and O–H groups in total. The van der Waals surface area contributed by atoms with E-state index in [9.17, 15) is 14.4 Å². The van der Waals surface area contributed by atoms with Gasteiger partial charge in [-0.05, 0) is 112 Å². The van der Waals surface area contributed by atoms with Gasteiger partial charge in [-0.25, -0.2) is 9.18 Å². The lowest BCUT2D eigenvalue weighted by atomic mass is 9.65. The maximum Gasteiger partial charge on any atom is 0.328 e. The second-order valence-electron chi connectivity index (χ2n) is 22.1. The van der Waals surface area contributed by atoms with E-state index in [-0.39, 0.29) is 40.9 Å². The number of piperidine rings is 1. The van der Waals surface area contributed by atoms with Crippen LogP contribution >= 0.6 is 11.6 Å². The second-order valence-corrected chi connectivity index (χ2v) is 22.5. The lowest BCUT2D eigenvalue weighted by molar-refractivity contribution is -0.120. The van der Waals surface area contributed by atoms with Crippen molar-refractivity contribution in [3.8, 4) is 17.3 Å². The van der Waals surface area contributed by atoms with Crippen LogP contribution in [0.3, 0.4) is 0 Å². The zero-order chi connectivity index (χ0) is 48.4. The lowest BCUT2D eigenvalue weighted by Gasteiger charge is -2.47. The van der Waals surface area contributed by atoms with Gasteiger partial charge in [-0.2, -0.15) is 9.97 Å². The molecule has 2 aromatic heterocycles. The average Bonchev–Trinajstić information content (AvgIpc) is 4.07. The number of anilines is 2. The van der Waals surface area contributed by atoms with Crippen LogP contribution < -0.4 is 25.2 Å². The fourth-order valence-corrected chi connectivity index (χ4v) is 13.1. The summed E-state index contributed by atoms with van der Waals surface area (Å²) in [6.45, 7) is 12.2. The summed E-state index contributed by atoms with van der Waals surface area (Å²) in [5.41, 5.74) is 3.58. The number of nitrogens with zero attached hydrogens (tertiary/aromatic N) is 8. The Morgan fingerprint density at radius 3 is 2.32 bits per heavy atom. The Kier molecular flexibility index (Phi) is 12.4. The summed E-state index contributed by atoms with van der Waals surface area (Å²) in [5, 5.41) is 8.93. The topological polar surface area (TPSA) is 139 Å². The van der Waals surface area contributed by atoms with E-state index >= 15 is 4.39 Å². The van der Waals surface area contributed by atoms with Crippen molar-refractivity contribution in [2.75, 3.05) is 88.4 Å². The van der Waals surface area contributed by atoms with Crippen molar-refractivity contribution in [3.05, 3.63) is 82.8 Å². The largest absolute Gasteiger partial charge is 0.463 e. The van der Waals surface area contributed by atoms with Crippen molar-refractivity contribution in [1.29, 1.82) is 0 Å². The van der Waals surface area contributed by atoms with Crippen LogP contribution in [-0.2, 0) is 4.79 Å². The van der Waals surface area contributed by atoms with Crippen molar-refractivity contribution in [2.45, 2.75) is 89.6 Å². The van der Waals surface area contributed by atoms with E-state index < -0.39 is 11.8 Å². The smallest absolute Gasteiger partial charge is 0.328 e. The second kappa shape index (κ2) is 18.8. The Labute approximate surface area is 419 Å². The molecule has 14 nitrogen and oxygen atoms in total. The molecule has 2 bridgehead atoms. The predicted molar refractivity (Wildman–Crippen MR) is 274 cm³/mol. The molecule has 2 saturated carbocycles. The Morgan fingerprint density at radius 2 is 1.59 bits per heavy atom. The maximum absolute atomic E-state index is 17.0. The van der Waals surface area contributed by atoms with Gasteiger partial charge in [0.1, 0.15) is 17.0 Å². The number of benzene rings is 3. The fraction of sp³-hybridized carbons (Fsp3) is 0.527. The van der Waals surface area contributed by atoms with Gasteiger partial charge >= 0.3 is 12.0 Å². The van der Waals surface area contributed by atoms with Crippen molar-refractivity contribution in [3.63, 3.8) is 0 Å². The zero-order valence-corrected chi connectivity index (χ0v) is 41.5. The van der Waals surface area contributed by atoms with Crippen LogP contribution in [0.1, 0.15) is 86.6 Å². The molecule has 5 saturated heterocycles. The summed E-state index contributed by atoms with van der Waals surface area (Å²) < 4.78 is 23.6. The number of piperazine rings is 2. The number of aromatic nitrogens is 3. The molecular weight excluding hydrogens is 919 g/mol. The highest BCUT2D eigenvalue weighted by Crippen LogP contribution is 2.48. The number of carbonyl (C=O) groups is 3. The first-order chi connectivity index (χ1) is 34.5. The van der Waals surface area contributed by atoms with E-state index in [2.05, 4.69) is 25.3 Å². The third-order valence-corrected chi connectivity index (χ3v) is 17.7. The number of halogens is 2. The molecule has 7 aliphatic rings. The first-order valence-corrected chi connectivity index (χ1v) is 26.5. The highest BCUT2D eigenvalue weighted by Gasteiger charge is 2.46. The van der Waals surface area contributed by atoms with Gasteiger partial charge in [0.05, 0.1) is 12.0 Å². The van der Waals surface area contributed by atoms with Crippen molar-refractivity contribution in [2.24, 2.45) is 16.7 Å². The molecule has 372 valence electrons. The van der Waals surface area contributed by atoms with Crippen molar-refractivity contribution in [1.82, 2.24) is 40.3 Å². The van der Waals surface area contributed by atoms with Crippen LogP contribution in [-0.4, -0.2) is 138 Å². The zero-order valence-electron chi connectivity index (χ0n) is 40.7. The van der Waals surface area contributed by atoms with Crippen LogP contribution in [0.4, 0.5) is 20.7 Å². The summed E-state index contributed by atoms with van der Waals surface area (Å²) in [7, 11) is 0. The van der Waals surface area contributed by atoms with Crippen LogP contribution in [0, 0.1) is 29.5 Å².